The normalized spacial score (nSPS) is 11.1. The lowest BCUT2D eigenvalue weighted by atomic mass is 9.80. The zero-order chi connectivity index (χ0) is 37.8. The van der Waals surface area contributed by atoms with Crippen LogP contribution in [0.25, 0.3) is 11.1 Å². The summed E-state index contributed by atoms with van der Waals surface area (Å²) in [6, 6.07) is 50.0. The van der Waals surface area contributed by atoms with Crippen molar-refractivity contribution in [2.24, 2.45) is 0 Å². The van der Waals surface area contributed by atoms with Crippen LogP contribution >= 0.6 is 0 Å². The Morgan fingerprint density at radius 1 is 0.519 bits per heavy atom. The minimum atomic E-state index is -1.28. The van der Waals surface area contributed by atoms with Crippen molar-refractivity contribution in [3.63, 3.8) is 0 Å². The molecule has 0 atom stereocenters. The summed E-state index contributed by atoms with van der Waals surface area (Å²) >= 11 is 0. The van der Waals surface area contributed by atoms with Gasteiger partial charge in [0.1, 0.15) is 36.1 Å². The highest BCUT2D eigenvalue weighted by Crippen LogP contribution is 2.42. The first-order chi connectivity index (χ1) is 26.4. The van der Waals surface area contributed by atoms with Gasteiger partial charge in [0.2, 0.25) is 0 Å². The van der Waals surface area contributed by atoms with Crippen LogP contribution in [0.4, 0.5) is 0 Å². The second-order valence-corrected chi connectivity index (χ2v) is 12.7. The van der Waals surface area contributed by atoms with Gasteiger partial charge < -0.3 is 33.6 Å². The fourth-order valence-corrected chi connectivity index (χ4v) is 6.27. The fraction of sp³-hybridized carbons (Fsp3) is 0.174. The van der Waals surface area contributed by atoms with Crippen molar-refractivity contribution in [3.8, 4) is 28.4 Å². The van der Waals surface area contributed by atoms with Crippen LogP contribution in [0, 0.1) is 0 Å². The molecular weight excluding hydrogens is 680 g/mol. The monoisotopic (exact) mass is 721 g/mol. The molecule has 6 aromatic rings. The number of aliphatic carboxylic acids is 1. The molecule has 0 bridgehead atoms. The Hall–Kier alpha value is -6.38. The summed E-state index contributed by atoms with van der Waals surface area (Å²) in [5, 5.41) is 10.6. The van der Waals surface area contributed by atoms with E-state index in [0.717, 1.165) is 56.0 Å². The molecule has 54 heavy (non-hydrogen) atoms. The van der Waals surface area contributed by atoms with E-state index in [2.05, 4.69) is 54.6 Å². The van der Waals surface area contributed by atoms with Gasteiger partial charge in [0.15, 0.2) is 0 Å². The molecule has 0 heterocycles. The van der Waals surface area contributed by atoms with Gasteiger partial charge in [-0.3, -0.25) is 4.79 Å². The van der Waals surface area contributed by atoms with Crippen LogP contribution in [0.1, 0.15) is 46.2 Å². The Bertz CT molecular complexity index is 2080. The molecule has 8 heteroatoms. The Balaban J connectivity index is 1.17. The average molecular weight is 722 g/mol. The first-order valence-electron chi connectivity index (χ1n) is 17.6. The molecule has 0 N–H and O–H groups in total. The second kappa shape index (κ2) is 17.9. The predicted molar refractivity (Wildman–Crippen MR) is 204 cm³/mol. The number of hydrogen-bond donors (Lipinski definition) is 0. The lowest BCUT2D eigenvalue weighted by Gasteiger charge is -2.36. The molecule has 6 aromatic carbocycles. The maximum Gasteiger partial charge on any atom is 0.306 e. The number of ether oxygens (including phenoxy) is 5. The van der Waals surface area contributed by atoms with Crippen molar-refractivity contribution in [1.29, 1.82) is 0 Å². The second-order valence-electron chi connectivity index (χ2n) is 12.7. The standard InChI is InChI=1S/C46H42O8/c1-50-41-22-16-39(17-23-41)46(38-12-4-3-5-13-38,40-18-24-42(51-2)25-19-40)54-32-35-10-7-11-37(29-35)36-14-20-43(21-15-36)52-30-33-8-6-9-34(28-33)31-53-45(49)27-26-44(47)48/h3-25,28-29H,26-27,30-32H2,1-2H3,(H,47,48)/p-1. The van der Waals surface area contributed by atoms with E-state index >= 15 is 0 Å². The van der Waals surface area contributed by atoms with E-state index in [9.17, 15) is 14.7 Å². The number of methoxy groups -OCH3 is 2. The molecule has 0 radical (unpaired) electrons. The van der Waals surface area contributed by atoms with Crippen LogP contribution in [0.2, 0.25) is 0 Å². The van der Waals surface area contributed by atoms with E-state index in [4.69, 9.17) is 23.7 Å². The number of hydrogen-bond acceptors (Lipinski definition) is 8. The van der Waals surface area contributed by atoms with Crippen LogP contribution in [0.3, 0.4) is 0 Å². The minimum Gasteiger partial charge on any atom is -0.550 e. The first kappa shape index (κ1) is 37.4. The van der Waals surface area contributed by atoms with Gasteiger partial charge in [-0.1, -0.05) is 103 Å². The molecule has 0 saturated carbocycles. The third kappa shape index (κ3) is 9.34. The third-order valence-corrected chi connectivity index (χ3v) is 9.07. The summed E-state index contributed by atoms with van der Waals surface area (Å²) in [6.07, 6.45) is -0.583. The van der Waals surface area contributed by atoms with Gasteiger partial charge in [-0.15, -0.1) is 0 Å². The molecule has 274 valence electrons. The summed E-state index contributed by atoms with van der Waals surface area (Å²) < 4.78 is 29.3. The van der Waals surface area contributed by atoms with Crippen molar-refractivity contribution in [2.45, 2.75) is 38.3 Å². The fourth-order valence-electron chi connectivity index (χ4n) is 6.27. The predicted octanol–water partition coefficient (Wildman–Crippen LogP) is 8.03. The number of carbonyl (C=O) groups excluding carboxylic acids is 2. The number of carboxylic acid groups (broad SMARTS) is 1. The van der Waals surface area contributed by atoms with Crippen molar-refractivity contribution >= 4 is 11.9 Å². The lowest BCUT2D eigenvalue weighted by Crippen LogP contribution is -2.32. The van der Waals surface area contributed by atoms with Crippen molar-refractivity contribution in [2.75, 3.05) is 14.2 Å². The topological polar surface area (TPSA) is 103 Å². The Morgan fingerprint density at radius 3 is 1.65 bits per heavy atom. The molecular formula is C46H41O8-. The van der Waals surface area contributed by atoms with Crippen molar-refractivity contribution < 1.29 is 38.4 Å². The number of benzene rings is 6. The van der Waals surface area contributed by atoms with E-state index in [1.807, 2.05) is 97.1 Å². The summed E-state index contributed by atoms with van der Waals surface area (Å²) in [5.74, 6) is 0.374. The van der Waals surface area contributed by atoms with E-state index < -0.39 is 17.5 Å². The zero-order valence-electron chi connectivity index (χ0n) is 30.2. The maximum absolute atomic E-state index is 11.8. The van der Waals surface area contributed by atoms with E-state index in [1.54, 1.807) is 14.2 Å². The molecule has 0 aliphatic heterocycles. The Labute approximate surface area is 315 Å². The highest BCUT2D eigenvalue weighted by molar-refractivity contribution is 5.75. The van der Waals surface area contributed by atoms with E-state index in [0.29, 0.717) is 19.0 Å². The highest BCUT2D eigenvalue weighted by Gasteiger charge is 2.38. The van der Waals surface area contributed by atoms with Gasteiger partial charge in [-0.25, -0.2) is 0 Å². The zero-order valence-corrected chi connectivity index (χ0v) is 30.2. The number of esters is 1. The average Bonchev–Trinajstić information content (AvgIpc) is 3.23. The van der Waals surface area contributed by atoms with Gasteiger partial charge >= 0.3 is 5.97 Å². The number of carboxylic acids is 1. The molecule has 0 fully saturated rings. The number of rotatable bonds is 17. The molecule has 0 unspecified atom stereocenters. The van der Waals surface area contributed by atoms with Gasteiger partial charge in [0.25, 0.3) is 0 Å². The van der Waals surface area contributed by atoms with Crippen LogP contribution in [-0.4, -0.2) is 26.2 Å². The highest BCUT2D eigenvalue weighted by atomic mass is 16.5. The maximum atomic E-state index is 11.8. The largest absolute Gasteiger partial charge is 0.550 e. The summed E-state index contributed by atoms with van der Waals surface area (Å²) in [4.78, 5) is 22.4. The number of carbonyl (C=O) groups is 2. The van der Waals surface area contributed by atoms with Gasteiger partial charge in [0.05, 0.1) is 27.2 Å². The summed E-state index contributed by atoms with van der Waals surface area (Å²) in [5.41, 5.74) is 6.78. The van der Waals surface area contributed by atoms with Crippen LogP contribution in [0.5, 0.6) is 17.2 Å². The Kier molecular flexibility index (Phi) is 12.4. The van der Waals surface area contributed by atoms with Gasteiger partial charge in [-0.05, 0) is 99.5 Å². The van der Waals surface area contributed by atoms with Crippen LogP contribution < -0.4 is 19.3 Å². The molecule has 0 aliphatic carbocycles. The lowest BCUT2D eigenvalue weighted by molar-refractivity contribution is -0.305. The summed E-state index contributed by atoms with van der Waals surface area (Å²) in [7, 11) is 3.32. The minimum absolute atomic E-state index is 0.0503. The SMILES string of the molecule is COc1ccc(C(OCc2cccc(-c3ccc(OCc4cccc(COC(=O)CCC(=O)[O-])c4)cc3)c2)(c2ccccc2)c2ccc(OC)cc2)cc1. The molecule has 0 amide bonds. The molecule has 0 aromatic heterocycles. The summed E-state index contributed by atoms with van der Waals surface area (Å²) in [6.45, 7) is 0.707. The van der Waals surface area contributed by atoms with Crippen LogP contribution in [0.15, 0.2) is 152 Å². The molecule has 0 spiro atoms. The van der Waals surface area contributed by atoms with Gasteiger partial charge in [0, 0.05) is 5.97 Å². The molecule has 6 rings (SSSR count). The Morgan fingerprint density at radius 2 is 1.06 bits per heavy atom. The van der Waals surface area contributed by atoms with Crippen molar-refractivity contribution in [3.05, 3.63) is 185 Å². The smallest absolute Gasteiger partial charge is 0.306 e. The van der Waals surface area contributed by atoms with Crippen LogP contribution in [-0.2, 0) is 44.5 Å². The van der Waals surface area contributed by atoms with Gasteiger partial charge in [-0.2, -0.15) is 0 Å². The van der Waals surface area contributed by atoms with E-state index in [1.165, 1.54) is 0 Å². The van der Waals surface area contributed by atoms with E-state index in [-0.39, 0.29) is 19.4 Å². The molecule has 8 nitrogen and oxygen atoms in total. The molecule has 0 saturated heterocycles. The third-order valence-electron chi connectivity index (χ3n) is 9.07. The quantitative estimate of drug-likeness (QED) is 0.0689. The van der Waals surface area contributed by atoms with Crippen molar-refractivity contribution in [1.82, 2.24) is 0 Å². The molecule has 0 aliphatic rings. The first-order valence-corrected chi connectivity index (χ1v) is 17.6.